The summed E-state index contributed by atoms with van der Waals surface area (Å²) in [5.41, 5.74) is 2.76. The van der Waals surface area contributed by atoms with Gasteiger partial charge in [-0.15, -0.1) is 0 Å². The fourth-order valence-corrected chi connectivity index (χ4v) is 2.99. The van der Waals surface area contributed by atoms with Gasteiger partial charge in [0.25, 0.3) is 5.91 Å². The summed E-state index contributed by atoms with van der Waals surface area (Å²) in [6, 6.07) is 14.1. The maximum Gasteiger partial charge on any atom is 0.338 e. The second kappa shape index (κ2) is 7.39. The molecule has 1 aliphatic rings. The maximum absolute atomic E-state index is 12.7. The Morgan fingerprint density at radius 1 is 1.12 bits per heavy atom. The molecule has 6 nitrogen and oxygen atoms in total. The number of esters is 1. The highest BCUT2D eigenvalue weighted by molar-refractivity contribution is 6.00. The summed E-state index contributed by atoms with van der Waals surface area (Å²) in [7, 11) is 0. The Kier molecular flexibility index (Phi) is 5.02. The van der Waals surface area contributed by atoms with Crippen LogP contribution in [0.5, 0.6) is 0 Å². The standard InChI is InChI=1S/C20H20N2O4/c1-13(19(24)22-11-10-15-6-3-4-9-18(15)22)26-20(25)16-7-5-8-17(12-16)21-14(2)23/h3-9,12-13H,10-11H2,1-2H3,(H,21,23)/t13-/m1/s1. The number of hydrogen-bond donors (Lipinski definition) is 1. The molecule has 1 atom stereocenters. The van der Waals surface area contributed by atoms with E-state index in [1.54, 1.807) is 30.0 Å². The third-order valence-electron chi connectivity index (χ3n) is 4.20. The number of carbonyl (C=O) groups excluding carboxylic acids is 3. The predicted molar refractivity (Wildman–Crippen MR) is 98.1 cm³/mol. The predicted octanol–water partition coefficient (Wildman–Crippen LogP) is 2.78. The van der Waals surface area contributed by atoms with Crippen LogP contribution in [0.2, 0.25) is 0 Å². The van der Waals surface area contributed by atoms with E-state index in [1.165, 1.54) is 13.0 Å². The Morgan fingerprint density at radius 2 is 1.88 bits per heavy atom. The van der Waals surface area contributed by atoms with Crippen LogP contribution in [0.15, 0.2) is 48.5 Å². The van der Waals surface area contributed by atoms with Gasteiger partial charge < -0.3 is 15.0 Å². The van der Waals surface area contributed by atoms with E-state index in [0.29, 0.717) is 12.2 Å². The van der Waals surface area contributed by atoms with Crippen LogP contribution in [0, 0.1) is 0 Å². The molecule has 1 aliphatic heterocycles. The van der Waals surface area contributed by atoms with Crippen molar-refractivity contribution in [3.05, 3.63) is 59.7 Å². The summed E-state index contributed by atoms with van der Waals surface area (Å²) in [5, 5.41) is 2.61. The Labute approximate surface area is 151 Å². The summed E-state index contributed by atoms with van der Waals surface area (Å²) in [6.07, 6.45) is -0.112. The summed E-state index contributed by atoms with van der Waals surface area (Å²) < 4.78 is 5.34. The van der Waals surface area contributed by atoms with Crippen LogP contribution in [0.25, 0.3) is 0 Å². The van der Waals surface area contributed by atoms with Gasteiger partial charge in [-0.05, 0) is 43.2 Å². The highest BCUT2D eigenvalue weighted by Gasteiger charge is 2.29. The third kappa shape index (κ3) is 3.74. The molecule has 1 heterocycles. The molecule has 0 radical (unpaired) electrons. The Bertz CT molecular complexity index is 862. The van der Waals surface area contributed by atoms with Crippen molar-refractivity contribution >= 4 is 29.2 Å². The van der Waals surface area contributed by atoms with Crippen molar-refractivity contribution in [2.75, 3.05) is 16.8 Å². The van der Waals surface area contributed by atoms with Crippen molar-refractivity contribution in [1.82, 2.24) is 0 Å². The number of ether oxygens (including phenoxy) is 1. The van der Waals surface area contributed by atoms with Gasteiger partial charge in [0.1, 0.15) is 0 Å². The first-order valence-electron chi connectivity index (χ1n) is 8.43. The summed E-state index contributed by atoms with van der Waals surface area (Å²) in [6.45, 7) is 3.54. The number of fused-ring (bicyclic) bond motifs is 1. The molecule has 26 heavy (non-hydrogen) atoms. The Balaban J connectivity index is 1.68. The van der Waals surface area contributed by atoms with Crippen molar-refractivity contribution in [2.24, 2.45) is 0 Å². The van der Waals surface area contributed by atoms with Crippen LogP contribution in [-0.4, -0.2) is 30.4 Å². The molecule has 0 aromatic heterocycles. The fraction of sp³-hybridized carbons (Fsp3) is 0.250. The average molecular weight is 352 g/mol. The lowest BCUT2D eigenvalue weighted by Crippen LogP contribution is -2.39. The summed E-state index contributed by atoms with van der Waals surface area (Å²) in [5.74, 6) is -1.08. The molecule has 6 heteroatoms. The van der Waals surface area contributed by atoms with Crippen molar-refractivity contribution in [3.8, 4) is 0 Å². The number of hydrogen-bond acceptors (Lipinski definition) is 4. The highest BCUT2D eigenvalue weighted by Crippen LogP contribution is 2.28. The van der Waals surface area contributed by atoms with Gasteiger partial charge in [-0.1, -0.05) is 24.3 Å². The first-order chi connectivity index (χ1) is 12.5. The highest BCUT2D eigenvalue weighted by atomic mass is 16.5. The molecule has 0 saturated carbocycles. The smallest absolute Gasteiger partial charge is 0.338 e. The molecule has 1 N–H and O–H groups in total. The second-order valence-corrected chi connectivity index (χ2v) is 6.18. The minimum atomic E-state index is -0.905. The number of benzene rings is 2. The molecule has 0 unspecified atom stereocenters. The van der Waals surface area contributed by atoms with Crippen LogP contribution in [0.4, 0.5) is 11.4 Å². The molecular formula is C20H20N2O4. The van der Waals surface area contributed by atoms with Gasteiger partial charge in [0.05, 0.1) is 5.56 Å². The van der Waals surface area contributed by atoms with Crippen LogP contribution in [0.3, 0.4) is 0 Å². The summed E-state index contributed by atoms with van der Waals surface area (Å²) >= 11 is 0. The zero-order valence-corrected chi connectivity index (χ0v) is 14.7. The van der Waals surface area contributed by atoms with E-state index in [2.05, 4.69) is 5.32 Å². The number of nitrogens with zero attached hydrogens (tertiary/aromatic N) is 1. The van der Waals surface area contributed by atoms with Crippen LogP contribution >= 0.6 is 0 Å². The van der Waals surface area contributed by atoms with Gasteiger partial charge in [0.15, 0.2) is 6.10 Å². The quantitative estimate of drug-likeness (QED) is 0.859. The molecule has 0 saturated heterocycles. The maximum atomic E-state index is 12.7. The average Bonchev–Trinajstić information content (AvgIpc) is 3.04. The van der Waals surface area contributed by atoms with Gasteiger partial charge in [-0.2, -0.15) is 0 Å². The lowest BCUT2D eigenvalue weighted by atomic mass is 10.2. The van der Waals surface area contributed by atoms with Crippen molar-refractivity contribution in [3.63, 3.8) is 0 Å². The normalized spacial score (nSPS) is 13.7. The molecule has 0 spiro atoms. The molecule has 2 aromatic carbocycles. The van der Waals surface area contributed by atoms with Gasteiger partial charge in [-0.25, -0.2) is 4.79 Å². The summed E-state index contributed by atoms with van der Waals surface area (Å²) in [4.78, 5) is 37.8. The lowest BCUT2D eigenvalue weighted by Gasteiger charge is -2.21. The molecule has 2 aromatic rings. The molecular weight excluding hydrogens is 332 g/mol. The Morgan fingerprint density at radius 3 is 2.65 bits per heavy atom. The largest absolute Gasteiger partial charge is 0.449 e. The molecule has 3 rings (SSSR count). The van der Waals surface area contributed by atoms with Crippen LogP contribution in [-0.2, 0) is 20.7 Å². The fourth-order valence-electron chi connectivity index (χ4n) is 2.99. The van der Waals surface area contributed by atoms with E-state index >= 15 is 0 Å². The number of amides is 2. The van der Waals surface area contributed by atoms with E-state index in [1.807, 2.05) is 24.3 Å². The third-order valence-corrected chi connectivity index (χ3v) is 4.20. The van der Waals surface area contributed by atoms with Crippen LogP contribution in [0.1, 0.15) is 29.8 Å². The lowest BCUT2D eigenvalue weighted by molar-refractivity contribution is -0.126. The molecule has 0 bridgehead atoms. The second-order valence-electron chi connectivity index (χ2n) is 6.18. The number of carbonyl (C=O) groups is 3. The molecule has 0 aliphatic carbocycles. The van der Waals surface area contributed by atoms with Crippen molar-refractivity contribution in [1.29, 1.82) is 0 Å². The van der Waals surface area contributed by atoms with E-state index in [0.717, 1.165) is 17.7 Å². The SMILES string of the molecule is CC(=O)Nc1cccc(C(=O)O[C@H](C)C(=O)N2CCc3ccccc32)c1. The van der Waals surface area contributed by atoms with E-state index in [-0.39, 0.29) is 17.4 Å². The van der Waals surface area contributed by atoms with E-state index in [4.69, 9.17) is 4.74 Å². The van der Waals surface area contributed by atoms with Gasteiger partial charge in [-0.3, -0.25) is 9.59 Å². The topological polar surface area (TPSA) is 75.7 Å². The first-order valence-corrected chi connectivity index (χ1v) is 8.43. The molecule has 0 fully saturated rings. The van der Waals surface area contributed by atoms with Crippen LogP contribution < -0.4 is 10.2 Å². The van der Waals surface area contributed by atoms with E-state index in [9.17, 15) is 14.4 Å². The zero-order chi connectivity index (χ0) is 18.7. The first kappa shape index (κ1) is 17.7. The number of para-hydroxylation sites is 1. The molecule has 134 valence electrons. The molecule has 2 amide bonds. The van der Waals surface area contributed by atoms with Gasteiger partial charge >= 0.3 is 5.97 Å². The minimum Gasteiger partial charge on any atom is -0.449 e. The number of nitrogens with one attached hydrogen (secondary N) is 1. The zero-order valence-electron chi connectivity index (χ0n) is 14.7. The Hall–Kier alpha value is -3.15. The van der Waals surface area contributed by atoms with Crippen molar-refractivity contribution < 1.29 is 19.1 Å². The van der Waals surface area contributed by atoms with Crippen molar-refractivity contribution in [2.45, 2.75) is 26.4 Å². The number of rotatable bonds is 4. The number of anilines is 2. The monoisotopic (exact) mass is 352 g/mol. The van der Waals surface area contributed by atoms with Gasteiger partial charge in [0.2, 0.25) is 5.91 Å². The van der Waals surface area contributed by atoms with E-state index < -0.39 is 12.1 Å². The minimum absolute atomic E-state index is 0.230. The van der Waals surface area contributed by atoms with Gasteiger partial charge in [0, 0.05) is 24.8 Å².